The lowest BCUT2D eigenvalue weighted by molar-refractivity contribution is -0.141. The standard InChI is InChI=1S/C23H19ClF4N6/c1-33(2)17-6-3-12(11-30-17)21-20-13(18-15(31-20)5-4-14(24)19(18)25)8-10-34(21)22-29-9-7-16(32-22)23(26,27)28/h3-7,9,11,21,31H,8,10H2,1-2H3. The topological polar surface area (TPSA) is 60.9 Å². The highest BCUT2D eigenvalue weighted by atomic mass is 35.5. The third-order valence-corrected chi connectivity index (χ3v) is 6.21. The highest BCUT2D eigenvalue weighted by molar-refractivity contribution is 6.31. The number of fused-ring (bicyclic) bond motifs is 3. The second-order valence-corrected chi connectivity index (χ2v) is 8.64. The number of aromatic nitrogens is 4. The van der Waals surface area contributed by atoms with Gasteiger partial charge in [0.15, 0.2) is 5.82 Å². The van der Waals surface area contributed by atoms with E-state index in [1.165, 1.54) is 6.07 Å². The summed E-state index contributed by atoms with van der Waals surface area (Å²) in [6.07, 6.45) is -1.49. The molecule has 1 aliphatic heterocycles. The van der Waals surface area contributed by atoms with Crippen molar-refractivity contribution in [2.75, 3.05) is 30.4 Å². The minimum Gasteiger partial charge on any atom is -0.363 e. The van der Waals surface area contributed by atoms with Gasteiger partial charge in [-0.1, -0.05) is 17.7 Å². The maximum absolute atomic E-state index is 15.0. The molecule has 3 aromatic heterocycles. The SMILES string of the molecule is CN(C)c1ccc(C2c3[nH]c4ccc(Cl)c(F)c4c3CCN2c2nccc(C(F)(F)F)n2)cn1. The van der Waals surface area contributed by atoms with Gasteiger partial charge in [0.1, 0.15) is 11.5 Å². The van der Waals surface area contributed by atoms with E-state index < -0.39 is 23.7 Å². The molecule has 1 aliphatic rings. The van der Waals surface area contributed by atoms with Crippen LogP contribution in [0.25, 0.3) is 10.9 Å². The molecule has 0 aliphatic carbocycles. The molecular weight excluding hydrogens is 472 g/mol. The van der Waals surface area contributed by atoms with Crippen LogP contribution in [0, 0.1) is 5.82 Å². The van der Waals surface area contributed by atoms with Crippen LogP contribution in [0.5, 0.6) is 0 Å². The van der Waals surface area contributed by atoms with Gasteiger partial charge in [-0.15, -0.1) is 0 Å². The van der Waals surface area contributed by atoms with E-state index >= 15 is 0 Å². The van der Waals surface area contributed by atoms with Crippen molar-refractivity contribution in [3.8, 4) is 0 Å². The van der Waals surface area contributed by atoms with Crippen LogP contribution in [0.2, 0.25) is 5.02 Å². The number of H-pyrrole nitrogens is 1. The fourth-order valence-corrected chi connectivity index (χ4v) is 4.50. The van der Waals surface area contributed by atoms with E-state index in [2.05, 4.69) is 19.9 Å². The van der Waals surface area contributed by atoms with Crippen LogP contribution in [0.4, 0.5) is 29.3 Å². The molecule has 0 saturated carbocycles. The molecule has 0 radical (unpaired) electrons. The number of halogens is 5. The number of nitrogens with one attached hydrogen (secondary N) is 1. The fourth-order valence-electron chi connectivity index (χ4n) is 4.35. The molecule has 6 nitrogen and oxygen atoms in total. The van der Waals surface area contributed by atoms with E-state index in [-0.39, 0.29) is 17.5 Å². The number of benzene rings is 1. The Bertz CT molecular complexity index is 1370. The first kappa shape index (κ1) is 22.4. The molecule has 34 heavy (non-hydrogen) atoms. The molecule has 4 heterocycles. The van der Waals surface area contributed by atoms with E-state index in [9.17, 15) is 17.6 Å². The van der Waals surface area contributed by atoms with Crippen molar-refractivity contribution in [2.24, 2.45) is 0 Å². The van der Waals surface area contributed by atoms with E-state index in [1.807, 2.05) is 31.1 Å². The molecular formula is C23H19ClF4N6. The smallest absolute Gasteiger partial charge is 0.363 e. The van der Waals surface area contributed by atoms with Gasteiger partial charge in [0.05, 0.1) is 11.1 Å². The number of hydrogen-bond donors (Lipinski definition) is 1. The maximum Gasteiger partial charge on any atom is 0.433 e. The third-order valence-electron chi connectivity index (χ3n) is 5.91. The number of aromatic amines is 1. The minimum absolute atomic E-state index is 0.00601. The summed E-state index contributed by atoms with van der Waals surface area (Å²) in [7, 11) is 3.71. The Labute approximate surface area is 197 Å². The number of anilines is 2. The summed E-state index contributed by atoms with van der Waals surface area (Å²) < 4.78 is 55.0. The van der Waals surface area contributed by atoms with Gasteiger partial charge in [0.2, 0.25) is 5.95 Å². The normalized spacial score (nSPS) is 16.1. The Hall–Kier alpha value is -3.40. The molecule has 1 N–H and O–H groups in total. The summed E-state index contributed by atoms with van der Waals surface area (Å²) in [5.74, 6) is 0.121. The van der Waals surface area contributed by atoms with Gasteiger partial charge in [-0.2, -0.15) is 13.2 Å². The second-order valence-electron chi connectivity index (χ2n) is 8.23. The zero-order valence-electron chi connectivity index (χ0n) is 18.2. The van der Waals surface area contributed by atoms with Gasteiger partial charge < -0.3 is 14.8 Å². The Morgan fingerprint density at radius 3 is 2.59 bits per heavy atom. The minimum atomic E-state index is -4.61. The van der Waals surface area contributed by atoms with E-state index in [0.717, 1.165) is 23.6 Å². The molecule has 0 saturated heterocycles. The highest BCUT2D eigenvalue weighted by Gasteiger charge is 2.37. The van der Waals surface area contributed by atoms with Gasteiger partial charge >= 0.3 is 6.18 Å². The lowest BCUT2D eigenvalue weighted by Crippen LogP contribution is -2.37. The summed E-state index contributed by atoms with van der Waals surface area (Å²) in [6, 6.07) is 7.04. The number of pyridine rings is 1. The lowest BCUT2D eigenvalue weighted by atomic mass is 9.93. The van der Waals surface area contributed by atoms with Crippen LogP contribution in [0.3, 0.4) is 0 Å². The second kappa shape index (κ2) is 8.12. The molecule has 5 rings (SSSR count). The van der Waals surface area contributed by atoms with Crippen LogP contribution in [-0.2, 0) is 12.6 Å². The first-order valence-corrected chi connectivity index (χ1v) is 10.8. The van der Waals surface area contributed by atoms with Crippen molar-refractivity contribution in [3.63, 3.8) is 0 Å². The first-order valence-electron chi connectivity index (χ1n) is 10.4. The van der Waals surface area contributed by atoms with Gasteiger partial charge in [-0.25, -0.2) is 19.3 Å². The molecule has 1 unspecified atom stereocenters. The molecule has 1 atom stereocenters. The highest BCUT2D eigenvalue weighted by Crippen LogP contribution is 2.42. The zero-order chi connectivity index (χ0) is 24.2. The summed E-state index contributed by atoms with van der Waals surface area (Å²) >= 11 is 6.03. The third kappa shape index (κ3) is 3.71. The summed E-state index contributed by atoms with van der Waals surface area (Å²) in [5, 5.41) is 0.390. The largest absolute Gasteiger partial charge is 0.433 e. The van der Waals surface area contributed by atoms with Crippen LogP contribution >= 0.6 is 11.6 Å². The molecule has 0 amide bonds. The molecule has 176 valence electrons. The van der Waals surface area contributed by atoms with Crippen molar-refractivity contribution in [1.29, 1.82) is 0 Å². The molecule has 0 bridgehead atoms. The summed E-state index contributed by atoms with van der Waals surface area (Å²) in [4.78, 5) is 19.2. The van der Waals surface area contributed by atoms with Gasteiger partial charge in [0.25, 0.3) is 0 Å². The Morgan fingerprint density at radius 1 is 1.12 bits per heavy atom. The zero-order valence-corrected chi connectivity index (χ0v) is 18.9. The van der Waals surface area contributed by atoms with Gasteiger partial charge in [-0.05, 0) is 41.8 Å². The Kier molecular flexibility index (Phi) is 5.35. The van der Waals surface area contributed by atoms with E-state index in [1.54, 1.807) is 17.2 Å². The average molecular weight is 491 g/mol. The van der Waals surface area contributed by atoms with E-state index in [4.69, 9.17) is 11.6 Å². The first-order chi connectivity index (χ1) is 16.1. The molecule has 11 heteroatoms. The van der Waals surface area contributed by atoms with Crippen molar-refractivity contribution >= 4 is 34.3 Å². The monoisotopic (exact) mass is 490 g/mol. The van der Waals surface area contributed by atoms with Crippen molar-refractivity contribution in [1.82, 2.24) is 19.9 Å². The molecule has 1 aromatic carbocycles. The van der Waals surface area contributed by atoms with Crippen LogP contribution in [-0.4, -0.2) is 40.6 Å². The molecule has 4 aromatic rings. The number of alkyl halides is 3. The van der Waals surface area contributed by atoms with Crippen LogP contribution in [0.15, 0.2) is 42.7 Å². The van der Waals surface area contributed by atoms with Crippen LogP contribution < -0.4 is 9.80 Å². The Morgan fingerprint density at radius 2 is 1.91 bits per heavy atom. The number of hydrogen-bond acceptors (Lipinski definition) is 5. The average Bonchev–Trinajstić information content (AvgIpc) is 3.20. The Balaban J connectivity index is 1.70. The van der Waals surface area contributed by atoms with Crippen LogP contribution in [0.1, 0.15) is 28.6 Å². The van der Waals surface area contributed by atoms with Gasteiger partial charge in [0, 0.05) is 49.6 Å². The quantitative estimate of drug-likeness (QED) is 0.391. The summed E-state index contributed by atoms with van der Waals surface area (Å²) in [6.45, 7) is 0.271. The van der Waals surface area contributed by atoms with Crippen molar-refractivity contribution in [2.45, 2.75) is 18.6 Å². The van der Waals surface area contributed by atoms with Crippen molar-refractivity contribution in [3.05, 3.63) is 76.1 Å². The molecule has 0 fully saturated rings. The predicted octanol–water partition coefficient (Wildman–Crippen LogP) is 5.38. The predicted molar refractivity (Wildman–Crippen MR) is 122 cm³/mol. The maximum atomic E-state index is 15.0. The van der Waals surface area contributed by atoms with Gasteiger partial charge in [-0.3, -0.25) is 0 Å². The molecule has 0 spiro atoms. The van der Waals surface area contributed by atoms with E-state index in [0.29, 0.717) is 28.6 Å². The lowest BCUT2D eigenvalue weighted by Gasteiger charge is -2.36. The van der Waals surface area contributed by atoms with Crippen molar-refractivity contribution < 1.29 is 17.6 Å². The fraction of sp³-hybridized carbons (Fsp3) is 0.261. The number of rotatable bonds is 3. The number of nitrogens with zero attached hydrogens (tertiary/aromatic N) is 5. The summed E-state index contributed by atoms with van der Waals surface area (Å²) in [5.41, 5.74) is 1.59.